The lowest BCUT2D eigenvalue weighted by atomic mass is 9.95. The van der Waals surface area contributed by atoms with Crippen molar-refractivity contribution < 1.29 is 14.4 Å². The Morgan fingerprint density at radius 2 is 0.724 bits per heavy atom. The number of hydrogen-bond donors (Lipinski definition) is 0. The fourth-order valence-corrected chi connectivity index (χ4v) is 2.53. The summed E-state index contributed by atoms with van der Waals surface area (Å²) >= 11 is 0. The Bertz CT molecular complexity index is 835. The number of hydrogen-bond acceptors (Lipinski definition) is 3. The summed E-state index contributed by atoms with van der Waals surface area (Å²) in [7, 11) is 0. The maximum Gasteiger partial charge on any atom is -0.00229 e. The smallest absolute Gasteiger partial charge is 0.00229 e. The van der Waals surface area contributed by atoms with Gasteiger partial charge in [-0.1, -0.05) is 84.9 Å². The minimum absolute atomic E-state index is 0.500. The summed E-state index contributed by atoms with van der Waals surface area (Å²) in [5.41, 5.74) is 5.58. The van der Waals surface area contributed by atoms with Crippen LogP contribution in [0.4, 0.5) is 0 Å². The third-order valence-electron chi connectivity index (χ3n) is 3.59. The van der Waals surface area contributed by atoms with Crippen molar-refractivity contribution in [2.24, 2.45) is 0 Å². The van der Waals surface area contributed by atoms with Crippen LogP contribution >= 0.6 is 0 Å². The van der Waals surface area contributed by atoms with Gasteiger partial charge in [-0.25, -0.2) is 0 Å². The zero-order valence-corrected chi connectivity index (χ0v) is 15.6. The Kier molecular flexibility index (Phi) is 14.7. The standard InChI is InChI=1S/C20H18.3CNO/c1-3-9-17(10-4-1)15-19-13-7-8-14-20(19)16-18-11-5-2-6-12-18;3*2-1-3/h1-14H,15-16H2;;;/q;3*-1. The summed E-state index contributed by atoms with van der Waals surface area (Å²) in [4.78, 5) is 24.7. The molecular formula is C23H18N3O3-3. The average Bonchev–Trinajstić information content (AvgIpc) is 2.73. The van der Waals surface area contributed by atoms with Crippen LogP contribution in [-0.4, -0.2) is 18.2 Å². The lowest BCUT2D eigenvalue weighted by molar-refractivity contribution is 0.568. The molecule has 146 valence electrons. The molecule has 3 rings (SSSR count). The van der Waals surface area contributed by atoms with E-state index in [2.05, 4.69) is 84.9 Å². The Hall–Kier alpha value is -4.20. The number of benzene rings is 3. The maximum atomic E-state index is 8.24. The van der Waals surface area contributed by atoms with Gasteiger partial charge in [-0.15, -0.1) is 0 Å². The van der Waals surface area contributed by atoms with Crippen molar-refractivity contribution in [3.63, 3.8) is 0 Å². The van der Waals surface area contributed by atoms with E-state index in [4.69, 9.17) is 30.6 Å². The molecule has 0 unspecified atom stereocenters. The van der Waals surface area contributed by atoms with Crippen LogP contribution in [0.25, 0.3) is 16.2 Å². The van der Waals surface area contributed by atoms with E-state index in [1.165, 1.54) is 22.3 Å². The molecule has 0 heterocycles. The van der Waals surface area contributed by atoms with Crippen molar-refractivity contribution in [1.82, 2.24) is 0 Å². The van der Waals surface area contributed by atoms with E-state index in [0.29, 0.717) is 18.2 Å². The van der Waals surface area contributed by atoms with Gasteiger partial charge < -0.3 is 16.2 Å². The minimum atomic E-state index is 0.500. The van der Waals surface area contributed by atoms with Gasteiger partial charge >= 0.3 is 0 Å². The molecule has 3 aromatic carbocycles. The fourth-order valence-electron chi connectivity index (χ4n) is 2.53. The summed E-state index contributed by atoms with van der Waals surface area (Å²) in [6.07, 6.45) is 3.51. The van der Waals surface area contributed by atoms with E-state index >= 15 is 0 Å². The molecule has 0 spiro atoms. The summed E-state index contributed by atoms with van der Waals surface area (Å²) in [5.74, 6) is 0. The Morgan fingerprint density at radius 1 is 0.483 bits per heavy atom. The highest BCUT2D eigenvalue weighted by atomic mass is 16.1. The predicted octanol–water partition coefficient (Wildman–Crippen LogP) is 4.54. The average molecular weight is 384 g/mol. The van der Waals surface area contributed by atoms with Crippen molar-refractivity contribution >= 4 is 18.2 Å². The second-order valence-corrected chi connectivity index (χ2v) is 5.37. The molecule has 0 aliphatic carbocycles. The van der Waals surface area contributed by atoms with Crippen LogP contribution in [0.1, 0.15) is 22.3 Å². The van der Waals surface area contributed by atoms with E-state index in [-0.39, 0.29) is 0 Å². The zero-order chi connectivity index (χ0) is 21.7. The van der Waals surface area contributed by atoms with E-state index in [9.17, 15) is 0 Å². The lowest BCUT2D eigenvalue weighted by Gasteiger charge is -2.10. The molecule has 0 atom stereocenters. The number of carbonyl (C=O) groups excluding carboxylic acids is 3. The van der Waals surface area contributed by atoms with Crippen LogP contribution in [0.5, 0.6) is 0 Å². The van der Waals surface area contributed by atoms with Crippen LogP contribution in [0.2, 0.25) is 0 Å². The molecule has 0 amide bonds. The predicted molar refractivity (Wildman–Crippen MR) is 112 cm³/mol. The van der Waals surface area contributed by atoms with Gasteiger partial charge in [-0.05, 0) is 53.3 Å². The van der Waals surface area contributed by atoms with E-state index < -0.39 is 0 Å². The first kappa shape index (κ1) is 24.8. The topological polar surface area (TPSA) is 118 Å². The maximum absolute atomic E-state index is 8.24. The summed E-state index contributed by atoms with van der Waals surface area (Å²) in [6, 6.07) is 30.1. The van der Waals surface area contributed by atoms with Gasteiger partial charge in [0.15, 0.2) is 0 Å². The second-order valence-electron chi connectivity index (χ2n) is 5.37. The van der Waals surface area contributed by atoms with E-state index in [1.54, 1.807) is 0 Å². The van der Waals surface area contributed by atoms with Gasteiger partial charge in [-0.2, -0.15) is 0 Å². The zero-order valence-electron chi connectivity index (χ0n) is 15.6. The third-order valence-corrected chi connectivity index (χ3v) is 3.59. The second kappa shape index (κ2) is 17.2. The lowest BCUT2D eigenvalue weighted by Crippen LogP contribution is -1.96. The molecule has 3 aromatic rings. The quantitative estimate of drug-likeness (QED) is 0.485. The largest absolute Gasteiger partial charge is 0.724 e. The van der Waals surface area contributed by atoms with Crippen molar-refractivity contribution in [3.05, 3.63) is 123 Å². The van der Waals surface area contributed by atoms with Gasteiger partial charge in [-0.3, -0.25) is 14.4 Å². The molecule has 0 bridgehead atoms. The normalized spacial score (nSPS) is 8.00. The van der Waals surface area contributed by atoms with Crippen molar-refractivity contribution in [2.45, 2.75) is 12.8 Å². The van der Waals surface area contributed by atoms with Gasteiger partial charge in [0.1, 0.15) is 0 Å². The van der Waals surface area contributed by atoms with E-state index in [1.807, 2.05) is 0 Å². The van der Waals surface area contributed by atoms with Crippen molar-refractivity contribution in [1.29, 1.82) is 0 Å². The molecule has 0 aromatic heterocycles. The molecule has 6 nitrogen and oxygen atoms in total. The van der Waals surface area contributed by atoms with Crippen LogP contribution < -0.4 is 0 Å². The molecular weight excluding hydrogens is 366 g/mol. The molecule has 0 aliphatic heterocycles. The molecule has 0 radical (unpaired) electrons. The van der Waals surface area contributed by atoms with Crippen LogP contribution in [0.15, 0.2) is 84.9 Å². The van der Waals surface area contributed by atoms with Gasteiger partial charge in [0.2, 0.25) is 0 Å². The summed E-state index contributed by atoms with van der Waals surface area (Å²) in [5, 5.41) is 20.3. The SMILES string of the molecule is [N-]=C=O.[N-]=C=O.[N-]=C=O.c1ccc(Cc2ccccc2Cc2ccccc2)cc1. The fraction of sp³-hybridized carbons (Fsp3) is 0.0870. The first-order valence-corrected chi connectivity index (χ1v) is 8.35. The van der Waals surface area contributed by atoms with Crippen molar-refractivity contribution in [3.8, 4) is 0 Å². The van der Waals surface area contributed by atoms with E-state index in [0.717, 1.165) is 12.8 Å². The van der Waals surface area contributed by atoms with Crippen LogP contribution in [-0.2, 0) is 27.2 Å². The third kappa shape index (κ3) is 11.9. The molecule has 0 saturated heterocycles. The molecule has 0 N–H and O–H groups in total. The number of nitrogens with zero attached hydrogens (tertiary/aromatic N) is 3. The van der Waals surface area contributed by atoms with Crippen molar-refractivity contribution in [2.75, 3.05) is 0 Å². The number of isocyanates is 3. The molecule has 0 aliphatic rings. The first-order chi connectivity index (χ1) is 14.2. The summed E-state index contributed by atoms with van der Waals surface area (Å²) in [6.45, 7) is 0. The number of rotatable bonds is 4. The molecule has 0 fully saturated rings. The summed E-state index contributed by atoms with van der Waals surface area (Å²) < 4.78 is 0. The monoisotopic (exact) mass is 384 g/mol. The Labute approximate surface area is 169 Å². The molecule has 0 saturated carbocycles. The Morgan fingerprint density at radius 3 is 1.00 bits per heavy atom. The first-order valence-electron chi connectivity index (χ1n) is 8.35. The highest BCUT2D eigenvalue weighted by molar-refractivity contribution is 5.37. The highest BCUT2D eigenvalue weighted by Gasteiger charge is 2.03. The Balaban J connectivity index is 0.000000749. The van der Waals surface area contributed by atoms with Gasteiger partial charge in [0.05, 0.1) is 0 Å². The molecule has 29 heavy (non-hydrogen) atoms. The molecule has 6 heteroatoms. The minimum Gasteiger partial charge on any atom is -0.724 e. The van der Waals surface area contributed by atoms with Gasteiger partial charge in [0.25, 0.3) is 0 Å². The van der Waals surface area contributed by atoms with Crippen LogP contribution in [0.3, 0.4) is 0 Å². The van der Waals surface area contributed by atoms with Crippen LogP contribution in [0, 0.1) is 0 Å². The highest BCUT2D eigenvalue weighted by Crippen LogP contribution is 2.17. The van der Waals surface area contributed by atoms with Gasteiger partial charge in [0, 0.05) is 0 Å².